The Morgan fingerprint density at radius 2 is 2.00 bits per heavy atom. The molecule has 0 aliphatic heterocycles. The highest BCUT2D eigenvalue weighted by atomic mass is 16.3. The highest BCUT2D eigenvalue weighted by Gasteiger charge is 2.12. The van der Waals surface area contributed by atoms with Crippen molar-refractivity contribution in [2.75, 3.05) is 13.1 Å². The summed E-state index contributed by atoms with van der Waals surface area (Å²) in [5.41, 5.74) is 0.802. The third-order valence-electron chi connectivity index (χ3n) is 2.46. The van der Waals surface area contributed by atoms with Gasteiger partial charge in [-0.25, -0.2) is 0 Å². The summed E-state index contributed by atoms with van der Waals surface area (Å²) in [5.74, 6) is -0.746. The molecule has 0 aromatic heterocycles. The van der Waals surface area contributed by atoms with E-state index in [1.807, 2.05) is 6.92 Å². The third-order valence-corrected chi connectivity index (χ3v) is 2.46. The maximum Gasteiger partial charge on any atom is 0.255 e. The molecule has 98 valence electrons. The first-order chi connectivity index (χ1) is 8.56. The summed E-state index contributed by atoms with van der Waals surface area (Å²) in [4.78, 5) is 23.0. The van der Waals surface area contributed by atoms with Crippen molar-refractivity contribution in [2.24, 2.45) is 0 Å². The molecule has 0 heterocycles. The minimum absolute atomic E-state index is 0.0519. The van der Waals surface area contributed by atoms with Gasteiger partial charge in [-0.1, -0.05) is 19.1 Å². The van der Waals surface area contributed by atoms with Crippen molar-refractivity contribution in [2.45, 2.75) is 20.3 Å². The van der Waals surface area contributed by atoms with Crippen molar-refractivity contribution in [3.8, 4) is 5.75 Å². The van der Waals surface area contributed by atoms with Crippen molar-refractivity contribution in [1.82, 2.24) is 10.6 Å². The Labute approximate surface area is 106 Å². The number of phenols is 1. The zero-order valence-electron chi connectivity index (χ0n) is 10.6. The smallest absolute Gasteiger partial charge is 0.255 e. The normalized spacial score (nSPS) is 9.89. The molecule has 0 saturated carbocycles. The van der Waals surface area contributed by atoms with Gasteiger partial charge in [-0.2, -0.15) is 0 Å². The summed E-state index contributed by atoms with van der Waals surface area (Å²) in [5, 5.41) is 14.8. The monoisotopic (exact) mass is 250 g/mol. The lowest BCUT2D eigenvalue weighted by Gasteiger charge is -2.08. The number of aryl methyl sites for hydroxylation is 1. The van der Waals surface area contributed by atoms with Crippen LogP contribution in [0, 0.1) is 6.92 Å². The third kappa shape index (κ3) is 3.76. The van der Waals surface area contributed by atoms with E-state index in [1.165, 1.54) is 6.07 Å². The van der Waals surface area contributed by atoms with Crippen LogP contribution in [0.1, 0.15) is 29.3 Å². The number of rotatable bonds is 5. The summed E-state index contributed by atoms with van der Waals surface area (Å²) in [6, 6.07) is 4.91. The van der Waals surface area contributed by atoms with E-state index in [0.717, 1.165) is 6.42 Å². The molecular formula is C13H18N2O3. The molecule has 0 saturated heterocycles. The average molecular weight is 250 g/mol. The van der Waals surface area contributed by atoms with Gasteiger partial charge in [0, 0.05) is 6.54 Å². The zero-order valence-corrected chi connectivity index (χ0v) is 10.6. The number of benzene rings is 1. The number of phenolic OH excluding ortho intramolecular Hbond substituents is 1. The van der Waals surface area contributed by atoms with E-state index in [2.05, 4.69) is 10.6 Å². The molecule has 0 aliphatic rings. The number of carbonyl (C=O) groups excluding carboxylic acids is 2. The molecule has 3 N–H and O–H groups in total. The fraction of sp³-hybridized carbons (Fsp3) is 0.385. The average Bonchev–Trinajstić information content (AvgIpc) is 2.36. The molecule has 0 fully saturated rings. The number of hydrogen-bond acceptors (Lipinski definition) is 3. The van der Waals surface area contributed by atoms with Gasteiger partial charge in [0.25, 0.3) is 5.91 Å². The van der Waals surface area contributed by atoms with Crippen LogP contribution in [0.4, 0.5) is 0 Å². The van der Waals surface area contributed by atoms with Gasteiger partial charge in [-0.3, -0.25) is 9.59 Å². The van der Waals surface area contributed by atoms with Crippen molar-refractivity contribution >= 4 is 11.8 Å². The number of hydrogen-bond donors (Lipinski definition) is 3. The molecular weight excluding hydrogens is 232 g/mol. The number of nitrogens with one attached hydrogen (secondary N) is 2. The summed E-state index contributed by atoms with van der Waals surface area (Å²) in [6.45, 7) is 4.15. The molecule has 0 aliphatic carbocycles. The van der Waals surface area contributed by atoms with Crippen LogP contribution in [0.25, 0.3) is 0 Å². The molecule has 1 rings (SSSR count). The van der Waals surface area contributed by atoms with E-state index < -0.39 is 5.91 Å². The number of para-hydroxylation sites is 1. The summed E-state index contributed by atoms with van der Waals surface area (Å²) < 4.78 is 0. The minimum Gasteiger partial charge on any atom is -0.507 e. The Kier molecular flexibility index (Phi) is 5.17. The quantitative estimate of drug-likeness (QED) is 0.728. The molecule has 1 aromatic rings. The molecule has 0 radical (unpaired) electrons. The molecule has 2 amide bonds. The standard InChI is InChI=1S/C13H18N2O3/c1-3-7-14-11(16)8-15-13(18)10-6-4-5-9(2)12(10)17/h4-6,17H,3,7-8H2,1-2H3,(H,14,16)(H,15,18). The van der Waals surface area contributed by atoms with Gasteiger partial charge in [0.1, 0.15) is 5.75 Å². The Morgan fingerprint density at radius 3 is 2.67 bits per heavy atom. The Bertz CT molecular complexity index is 444. The summed E-state index contributed by atoms with van der Waals surface area (Å²) in [7, 11) is 0. The lowest BCUT2D eigenvalue weighted by atomic mass is 10.1. The van der Waals surface area contributed by atoms with E-state index in [0.29, 0.717) is 12.1 Å². The topological polar surface area (TPSA) is 78.4 Å². The van der Waals surface area contributed by atoms with Crippen LogP contribution in [0.2, 0.25) is 0 Å². The first-order valence-corrected chi connectivity index (χ1v) is 5.89. The molecule has 1 aromatic carbocycles. The second-order valence-electron chi connectivity index (χ2n) is 4.00. The van der Waals surface area contributed by atoms with Crippen LogP contribution in [0.5, 0.6) is 5.75 Å². The lowest BCUT2D eigenvalue weighted by molar-refractivity contribution is -0.120. The number of carbonyl (C=O) groups is 2. The number of aromatic hydroxyl groups is 1. The second kappa shape index (κ2) is 6.64. The van der Waals surface area contributed by atoms with Crippen LogP contribution in [-0.2, 0) is 4.79 Å². The van der Waals surface area contributed by atoms with Gasteiger partial charge in [-0.05, 0) is 25.0 Å². The fourth-order valence-corrected chi connectivity index (χ4v) is 1.42. The van der Waals surface area contributed by atoms with Crippen molar-refractivity contribution < 1.29 is 14.7 Å². The van der Waals surface area contributed by atoms with Crippen LogP contribution in [0.15, 0.2) is 18.2 Å². The maximum atomic E-state index is 11.7. The van der Waals surface area contributed by atoms with Gasteiger partial charge in [0.15, 0.2) is 0 Å². The highest BCUT2D eigenvalue weighted by molar-refractivity contribution is 5.98. The van der Waals surface area contributed by atoms with Gasteiger partial charge in [0.2, 0.25) is 5.91 Å². The molecule has 0 unspecified atom stereocenters. The van der Waals surface area contributed by atoms with E-state index in [9.17, 15) is 14.7 Å². The molecule has 0 bridgehead atoms. The first kappa shape index (κ1) is 14.0. The van der Waals surface area contributed by atoms with Gasteiger partial charge < -0.3 is 15.7 Å². The van der Waals surface area contributed by atoms with Gasteiger partial charge in [0.05, 0.1) is 12.1 Å². The summed E-state index contributed by atoms with van der Waals surface area (Å²) >= 11 is 0. The maximum absolute atomic E-state index is 11.7. The first-order valence-electron chi connectivity index (χ1n) is 5.89. The number of amides is 2. The van der Waals surface area contributed by atoms with Crippen LogP contribution < -0.4 is 10.6 Å². The van der Waals surface area contributed by atoms with E-state index in [4.69, 9.17) is 0 Å². The van der Waals surface area contributed by atoms with Crippen LogP contribution >= 0.6 is 0 Å². The lowest BCUT2D eigenvalue weighted by Crippen LogP contribution is -2.37. The Morgan fingerprint density at radius 1 is 1.28 bits per heavy atom. The zero-order chi connectivity index (χ0) is 13.5. The van der Waals surface area contributed by atoms with E-state index in [1.54, 1.807) is 19.1 Å². The predicted molar refractivity (Wildman–Crippen MR) is 68.5 cm³/mol. The van der Waals surface area contributed by atoms with E-state index >= 15 is 0 Å². The Hall–Kier alpha value is -2.04. The SMILES string of the molecule is CCCNC(=O)CNC(=O)c1cccc(C)c1O. The fourth-order valence-electron chi connectivity index (χ4n) is 1.42. The van der Waals surface area contributed by atoms with Crippen LogP contribution in [0.3, 0.4) is 0 Å². The molecule has 0 atom stereocenters. The molecule has 5 heteroatoms. The van der Waals surface area contributed by atoms with Crippen molar-refractivity contribution in [3.05, 3.63) is 29.3 Å². The second-order valence-corrected chi connectivity index (χ2v) is 4.00. The molecule has 5 nitrogen and oxygen atoms in total. The van der Waals surface area contributed by atoms with Gasteiger partial charge in [-0.15, -0.1) is 0 Å². The van der Waals surface area contributed by atoms with Crippen LogP contribution in [-0.4, -0.2) is 30.0 Å². The minimum atomic E-state index is -0.456. The Balaban J connectivity index is 2.55. The summed E-state index contributed by atoms with van der Waals surface area (Å²) in [6.07, 6.45) is 0.846. The predicted octanol–water partition coefficient (Wildman–Crippen LogP) is 0.957. The highest BCUT2D eigenvalue weighted by Crippen LogP contribution is 2.20. The van der Waals surface area contributed by atoms with Crippen molar-refractivity contribution in [1.29, 1.82) is 0 Å². The molecule has 18 heavy (non-hydrogen) atoms. The van der Waals surface area contributed by atoms with Crippen molar-refractivity contribution in [3.63, 3.8) is 0 Å². The van der Waals surface area contributed by atoms with E-state index in [-0.39, 0.29) is 23.8 Å². The van der Waals surface area contributed by atoms with Gasteiger partial charge >= 0.3 is 0 Å². The molecule has 0 spiro atoms. The largest absolute Gasteiger partial charge is 0.507 e.